The summed E-state index contributed by atoms with van der Waals surface area (Å²) in [5, 5.41) is 0. The van der Waals surface area contributed by atoms with Crippen molar-refractivity contribution in [1.29, 1.82) is 0 Å². The number of hydrogen-bond donors (Lipinski definition) is 0. The van der Waals surface area contributed by atoms with Gasteiger partial charge in [-0.2, -0.15) is 0 Å². The van der Waals surface area contributed by atoms with E-state index in [2.05, 4.69) is 6.92 Å². The summed E-state index contributed by atoms with van der Waals surface area (Å²) in [5.41, 5.74) is 0.376. The van der Waals surface area contributed by atoms with E-state index in [0.717, 1.165) is 6.42 Å². The van der Waals surface area contributed by atoms with Crippen molar-refractivity contribution in [1.82, 2.24) is 0 Å². The minimum absolute atomic E-state index is 0.229. The highest BCUT2D eigenvalue weighted by atomic mass is 16.1. The third kappa shape index (κ3) is 2.05. The molecule has 0 aromatic carbocycles. The van der Waals surface area contributed by atoms with Crippen LogP contribution in [0.15, 0.2) is 0 Å². The molecule has 0 unspecified atom stereocenters. The molecule has 0 N–H and O–H groups in total. The Hall–Kier alpha value is -0.330. The normalized spacial score (nSPS) is 21.5. The van der Waals surface area contributed by atoms with Gasteiger partial charge in [0.15, 0.2) is 0 Å². The number of ketones is 1. The van der Waals surface area contributed by atoms with Crippen LogP contribution in [0.2, 0.25) is 0 Å². The van der Waals surface area contributed by atoms with E-state index in [4.69, 9.17) is 0 Å². The summed E-state index contributed by atoms with van der Waals surface area (Å²) in [7, 11) is 0. The number of carbonyl (C=O) groups is 1. The van der Waals surface area contributed by atoms with Crippen LogP contribution in [0.25, 0.3) is 0 Å². The van der Waals surface area contributed by atoms with Crippen LogP contribution in [0.3, 0.4) is 0 Å². The molecule has 1 rings (SSSR count). The first-order chi connectivity index (χ1) is 5.03. The van der Waals surface area contributed by atoms with Crippen molar-refractivity contribution in [2.75, 3.05) is 0 Å². The first-order valence-electron chi connectivity index (χ1n) is 4.56. The van der Waals surface area contributed by atoms with Crippen molar-refractivity contribution in [3.63, 3.8) is 0 Å². The molecule has 0 bridgehead atoms. The fourth-order valence-corrected chi connectivity index (χ4v) is 1.58. The molecule has 1 fully saturated rings. The third-order valence-electron chi connectivity index (χ3n) is 2.81. The number of carbonyl (C=O) groups excluding carboxylic acids is 1. The van der Waals surface area contributed by atoms with E-state index in [1.165, 1.54) is 19.3 Å². The van der Waals surface area contributed by atoms with Crippen LogP contribution in [0, 0.1) is 11.3 Å². The number of hydrogen-bond acceptors (Lipinski definition) is 1. The molecule has 0 spiro atoms. The zero-order chi connectivity index (χ0) is 8.48. The van der Waals surface area contributed by atoms with Crippen molar-refractivity contribution in [2.45, 2.75) is 46.5 Å². The second-order valence-corrected chi connectivity index (χ2v) is 4.46. The molecule has 0 heterocycles. The molecule has 1 heteroatoms. The van der Waals surface area contributed by atoms with Gasteiger partial charge in [-0.15, -0.1) is 0 Å². The summed E-state index contributed by atoms with van der Waals surface area (Å²) in [6.45, 7) is 6.21. The maximum atomic E-state index is 11.4. The Balaban J connectivity index is 2.35. The Labute approximate surface area is 69.2 Å². The second kappa shape index (κ2) is 2.96. The average Bonchev–Trinajstić information content (AvgIpc) is 1.84. The molecule has 0 saturated heterocycles. The Kier molecular flexibility index (Phi) is 2.36. The van der Waals surface area contributed by atoms with Gasteiger partial charge in [0.2, 0.25) is 0 Å². The van der Waals surface area contributed by atoms with E-state index >= 15 is 0 Å². The first-order valence-corrected chi connectivity index (χ1v) is 4.56. The Morgan fingerprint density at radius 3 is 2.27 bits per heavy atom. The monoisotopic (exact) mass is 154 g/mol. The lowest BCUT2D eigenvalue weighted by atomic mass is 9.67. The maximum absolute atomic E-state index is 11.4. The highest BCUT2D eigenvalue weighted by Crippen LogP contribution is 2.43. The molecule has 1 saturated carbocycles. The molecular weight excluding hydrogens is 136 g/mol. The van der Waals surface area contributed by atoms with Crippen molar-refractivity contribution >= 4 is 5.78 Å². The lowest BCUT2D eigenvalue weighted by Gasteiger charge is -2.38. The minimum Gasteiger partial charge on any atom is -0.299 e. The minimum atomic E-state index is 0.229. The van der Waals surface area contributed by atoms with Gasteiger partial charge in [0.25, 0.3) is 0 Å². The Bertz CT molecular complexity index is 154. The highest BCUT2D eigenvalue weighted by molar-refractivity contribution is 5.81. The zero-order valence-electron chi connectivity index (χ0n) is 7.81. The summed E-state index contributed by atoms with van der Waals surface area (Å²) < 4.78 is 0. The van der Waals surface area contributed by atoms with Gasteiger partial charge in [-0.3, -0.25) is 4.79 Å². The van der Waals surface area contributed by atoms with Crippen LogP contribution >= 0.6 is 0 Å². The van der Waals surface area contributed by atoms with Crippen molar-refractivity contribution < 1.29 is 4.79 Å². The number of rotatable bonds is 3. The summed E-state index contributed by atoms with van der Waals surface area (Å²) in [5.74, 6) is 0.666. The fraction of sp³-hybridized carbons (Fsp3) is 0.900. The van der Waals surface area contributed by atoms with Gasteiger partial charge in [-0.1, -0.05) is 27.2 Å². The molecule has 1 nitrogen and oxygen atoms in total. The largest absolute Gasteiger partial charge is 0.299 e. The van der Waals surface area contributed by atoms with E-state index in [0.29, 0.717) is 11.2 Å². The fourth-order valence-electron chi connectivity index (χ4n) is 1.58. The molecule has 0 atom stereocenters. The van der Waals surface area contributed by atoms with Gasteiger partial charge in [0.05, 0.1) is 0 Å². The molecule has 1 aliphatic carbocycles. The Morgan fingerprint density at radius 2 is 2.00 bits per heavy atom. The van der Waals surface area contributed by atoms with Crippen LogP contribution < -0.4 is 0 Å². The van der Waals surface area contributed by atoms with Crippen LogP contribution in [0.4, 0.5) is 0 Å². The van der Waals surface area contributed by atoms with Crippen LogP contribution in [0.5, 0.6) is 0 Å². The van der Waals surface area contributed by atoms with Gasteiger partial charge in [-0.05, 0) is 18.3 Å². The Morgan fingerprint density at radius 1 is 1.45 bits per heavy atom. The van der Waals surface area contributed by atoms with Crippen molar-refractivity contribution in [2.24, 2.45) is 11.3 Å². The molecule has 0 aromatic heterocycles. The quantitative estimate of drug-likeness (QED) is 0.611. The van der Waals surface area contributed by atoms with E-state index < -0.39 is 0 Å². The maximum Gasteiger partial charge on any atom is 0.135 e. The highest BCUT2D eigenvalue weighted by Gasteiger charge is 2.34. The average molecular weight is 154 g/mol. The van der Waals surface area contributed by atoms with Crippen molar-refractivity contribution in [3.8, 4) is 0 Å². The zero-order valence-corrected chi connectivity index (χ0v) is 7.81. The first kappa shape index (κ1) is 8.76. The summed E-state index contributed by atoms with van der Waals surface area (Å²) >= 11 is 0. The SMILES string of the molecule is CC(C)C(=O)CC1(C)CCC1. The van der Waals surface area contributed by atoms with E-state index in [-0.39, 0.29) is 5.92 Å². The van der Waals surface area contributed by atoms with Crippen molar-refractivity contribution in [3.05, 3.63) is 0 Å². The van der Waals surface area contributed by atoms with Gasteiger partial charge >= 0.3 is 0 Å². The summed E-state index contributed by atoms with van der Waals surface area (Å²) in [6, 6.07) is 0. The molecule has 11 heavy (non-hydrogen) atoms. The van der Waals surface area contributed by atoms with Crippen LogP contribution in [-0.4, -0.2) is 5.78 Å². The van der Waals surface area contributed by atoms with E-state index in [9.17, 15) is 4.79 Å². The molecule has 64 valence electrons. The standard InChI is InChI=1S/C10H18O/c1-8(2)9(11)7-10(3)5-4-6-10/h8H,4-7H2,1-3H3. The van der Waals surface area contributed by atoms with Gasteiger partial charge in [-0.25, -0.2) is 0 Å². The van der Waals surface area contributed by atoms with Crippen LogP contribution in [-0.2, 0) is 4.79 Å². The second-order valence-electron chi connectivity index (χ2n) is 4.46. The smallest absolute Gasteiger partial charge is 0.135 e. The van der Waals surface area contributed by atoms with Gasteiger partial charge in [0, 0.05) is 12.3 Å². The molecule has 0 radical (unpaired) electrons. The summed E-state index contributed by atoms with van der Waals surface area (Å²) in [6.07, 6.45) is 4.64. The molecule has 0 aliphatic heterocycles. The predicted molar refractivity (Wildman–Crippen MR) is 46.4 cm³/mol. The molecule has 0 aromatic rings. The van der Waals surface area contributed by atoms with Gasteiger partial charge < -0.3 is 0 Å². The topological polar surface area (TPSA) is 17.1 Å². The third-order valence-corrected chi connectivity index (χ3v) is 2.81. The molecular formula is C10H18O. The predicted octanol–water partition coefficient (Wildman–Crippen LogP) is 2.79. The van der Waals surface area contributed by atoms with E-state index in [1.54, 1.807) is 0 Å². The lowest BCUT2D eigenvalue weighted by Crippen LogP contribution is -2.29. The van der Waals surface area contributed by atoms with E-state index in [1.807, 2.05) is 13.8 Å². The van der Waals surface area contributed by atoms with Gasteiger partial charge in [0.1, 0.15) is 5.78 Å². The molecule has 0 amide bonds. The summed E-state index contributed by atoms with van der Waals surface area (Å²) in [4.78, 5) is 11.4. The van der Waals surface area contributed by atoms with Crippen LogP contribution in [0.1, 0.15) is 46.5 Å². The lowest BCUT2D eigenvalue weighted by molar-refractivity contribution is -0.125. The number of Topliss-reactive ketones (excluding diaryl/α,β-unsaturated/α-hetero) is 1. The molecule has 1 aliphatic rings.